The van der Waals surface area contributed by atoms with Crippen molar-refractivity contribution in [2.75, 3.05) is 13.1 Å². The molecular weight excluding hydrogens is 277 g/mol. The number of nitrogens with zero attached hydrogens (tertiary/aromatic N) is 2. The van der Waals surface area contributed by atoms with Crippen molar-refractivity contribution in [3.05, 3.63) is 12.4 Å². The van der Waals surface area contributed by atoms with Crippen molar-refractivity contribution in [3.63, 3.8) is 0 Å². The second-order valence-electron chi connectivity index (χ2n) is 6.82. The van der Waals surface area contributed by atoms with E-state index in [-0.39, 0.29) is 18.3 Å². The predicted octanol–water partition coefficient (Wildman–Crippen LogP) is 2.13. The smallest absolute Gasteiger partial charge is 0.399 e. The van der Waals surface area contributed by atoms with Crippen molar-refractivity contribution in [2.24, 2.45) is 0 Å². The lowest BCUT2D eigenvalue weighted by Crippen LogP contribution is -2.41. The zero-order valence-electron chi connectivity index (χ0n) is 14.8. The van der Waals surface area contributed by atoms with Gasteiger partial charge in [-0.3, -0.25) is 4.68 Å². The fraction of sp³-hybridized carbons (Fsp3) is 0.812. The van der Waals surface area contributed by atoms with Gasteiger partial charge in [-0.15, -0.1) is 0 Å². The van der Waals surface area contributed by atoms with Crippen molar-refractivity contribution in [3.8, 4) is 0 Å². The molecule has 2 saturated heterocycles. The van der Waals surface area contributed by atoms with Crippen molar-refractivity contribution in [1.82, 2.24) is 15.1 Å². The summed E-state index contributed by atoms with van der Waals surface area (Å²) in [6, 6.07) is 0.493. The van der Waals surface area contributed by atoms with E-state index >= 15 is 0 Å². The summed E-state index contributed by atoms with van der Waals surface area (Å²) in [7, 11) is -0.310. The van der Waals surface area contributed by atoms with E-state index in [1.54, 1.807) is 0 Å². The predicted molar refractivity (Wildman–Crippen MR) is 90.4 cm³/mol. The van der Waals surface area contributed by atoms with Crippen LogP contribution in [0.5, 0.6) is 0 Å². The zero-order valence-corrected chi connectivity index (χ0v) is 14.8. The molecule has 1 aromatic rings. The van der Waals surface area contributed by atoms with Crippen LogP contribution in [-0.2, 0) is 9.31 Å². The van der Waals surface area contributed by atoms with Gasteiger partial charge in [0.15, 0.2) is 0 Å². The molecule has 0 unspecified atom stereocenters. The maximum atomic E-state index is 6.06. The Morgan fingerprint density at radius 2 is 1.68 bits per heavy atom. The van der Waals surface area contributed by atoms with Gasteiger partial charge in [-0.05, 0) is 53.6 Å². The molecule has 0 aromatic carbocycles. The number of nitrogens with one attached hydrogen (secondary N) is 1. The lowest BCUT2D eigenvalue weighted by atomic mass is 9.82. The molecule has 2 fully saturated rings. The summed E-state index contributed by atoms with van der Waals surface area (Å²) < 4.78 is 14.2. The molecule has 0 saturated carbocycles. The highest BCUT2D eigenvalue weighted by Crippen LogP contribution is 2.36. The van der Waals surface area contributed by atoms with Crippen LogP contribution in [0.3, 0.4) is 0 Å². The van der Waals surface area contributed by atoms with Gasteiger partial charge in [0.05, 0.1) is 17.2 Å². The molecule has 6 heteroatoms. The first-order chi connectivity index (χ1) is 10.4. The van der Waals surface area contributed by atoms with Crippen LogP contribution in [0.15, 0.2) is 12.4 Å². The summed E-state index contributed by atoms with van der Waals surface area (Å²) in [5, 5.41) is 7.89. The second kappa shape index (κ2) is 6.73. The van der Waals surface area contributed by atoms with Gasteiger partial charge in [0.1, 0.15) is 0 Å². The Morgan fingerprint density at radius 3 is 2.23 bits per heavy atom. The molecular formula is C16H30BN3O2. The molecule has 5 nitrogen and oxygen atoms in total. The van der Waals surface area contributed by atoms with Gasteiger partial charge in [-0.2, -0.15) is 5.10 Å². The molecule has 3 rings (SSSR count). The summed E-state index contributed by atoms with van der Waals surface area (Å²) in [5.74, 6) is 0. The van der Waals surface area contributed by atoms with Crippen LogP contribution in [0.2, 0.25) is 0 Å². The minimum Gasteiger partial charge on any atom is -0.399 e. The highest BCUT2D eigenvalue weighted by molar-refractivity contribution is 6.61. The van der Waals surface area contributed by atoms with Crippen LogP contribution in [0.25, 0.3) is 0 Å². The van der Waals surface area contributed by atoms with E-state index in [0.717, 1.165) is 31.4 Å². The van der Waals surface area contributed by atoms with Gasteiger partial charge < -0.3 is 14.6 Å². The van der Waals surface area contributed by atoms with E-state index in [4.69, 9.17) is 9.31 Å². The molecule has 0 aliphatic carbocycles. The Bertz CT molecular complexity index is 465. The third-order valence-corrected chi connectivity index (χ3v) is 4.83. The zero-order chi connectivity index (χ0) is 16.4. The molecule has 2 aliphatic rings. The van der Waals surface area contributed by atoms with Gasteiger partial charge in [-0.25, -0.2) is 0 Å². The first-order valence-electron chi connectivity index (χ1n) is 8.49. The first-order valence-corrected chi connectivity index (χ1v) is 8.49. The Hall–Kier alpha value is -0.845. The van der Waals surface area contributed by atoms with E-state index in [2.05, 4.69) is 49.0 Å². The van der Waals surface area contributed by atoms with E-state index in [1.807, 2.05) is 20.0 Å². The standard InChI is InChI=1S/C14H24BN3O2.C2H6/c1-13(2)14(3,4)20-15(19-13)11-9-17-18(10-11)12-5-7-16-8-6-12;1-2/h9-10,12,16H,5-8H2,1-4H3;1-2H3. The quantitative estimate of drug-likeness (QED) is 0.851. The molecule has 0 spiro atoms. The van der Waals surface area contributed by atoms with Gasteiger partial charge >= 0.3 is 7.12 Å². The highest BCUT2D eigenvalue weighted by atomic mass is 16.7. The average molecular weight is 307 g/mol. The Labute approximate surface area is 134 Å². The molecule has 1 N–H and O–H groups in total. The molecule has 0 bridgehead atoms. The minimum atomic E-state index is -0.310. The maximum absolute atomic E-state index is 6.06. The van der Waals surface area contributed by atoms with Gasteiger partial charge in [0, 0.05) is 17.9 Å². The second-order valence-corrected chi connectivity index (χ2v) is 6.82. The topological polar surface area (TPSA) is 48.3 Å². The van der Waals surface area contributed by atoms with Gasteiger partial charge in [0.25, 0.3) is 0 Å². The van der Waals surface area contributed by atoms with E-state index in [9.17, 15) is 0 Å². The van der Waals surface area contributed by atoms with Crippen molar-refractivity contribution >= 4 is 12.6 Å². The molecule has 0 atom stereocenters. The number of aromatic nitrogens is 2. The lowest BCUT2D eigenvalue weighted by molar-refractivity contribution is 0.00578. The molecule has 0 amide bonds. The molecule has 2 aliphatic heterocycles. The summed E-state index contributed by atoms with van der Waals surface area (Å²) in [5.41, 5.74) is 0.422. The largest absolute Gasteiger partial charge is 0.498 e. The van der Waals surface area contributed by atoms with Crippen LogP contribution in [0.1, 0.15) is 60.4 Å². The Kier molecular flexibility index (Phi) is 5.35. The fourth-order valence-corrected chi connectivity index (χ4v) is 2.72. The maximum Gasteiger partial charge on any atom is 0.498 e. The highest BCUT2D eigenvalue weighted by Gasteiger charge is 2.52. The summed E-state index contributed by atoms with van der Waals surface area (Å²) in [6.07, 6.45) is 6.22. The van der Waals surface area contributed by atoms with Gasteiger partial charge in [-0.1, -0.05) is 13.8 Å². The van der Waals surface area contributed by atoms with Crippen molar-refractivity contribution in [2.45, 2.75) is 71.6 Å². The van der Waals surface area contributed by atoms with Crippen LogP contribution in [-0.4, -0.2) is 41.2 Å². The third kappa shape index (κ3) is 3.39. The average Bonchev–Trinajstić information content (AvgIpc) is 3.06. The normalized spacial score (nSPS) is 24.0. The number of rotatable bonds is 2. The summed E-state index contributed by atoms with van der Waals surface area (Å²) in [6.45, 7) is 14.4. The Balaban J connectivity index is 0.000000847. The van der Waals surface area contributed by atoms with Crippen molar-refractivity contribution < 1.29 is 9.31 Å². The number of piperidine rings is 1. The molecule has 22 heavy (non-hydrogen) atoms. The molecule has 0 radical (unpaired) electrons. The monoisotopic (exact) mass is 307 g/mol. The van der Waals surface area contributed by atoms with E-state index < -0.39 is 0 Å². The third-order valence-electron chi connectivity index (χ3n) is 4.83. The minimum absolute atomic E-state index is 0.297. The summed E-state index contributed by atoms with van der Waals surface area (Å²) >= 11 is 0. The van der Waals surface area contributed by atoms with E-state index in [1.165, 1.54) is 0 Å². The molecule has 124 valence electrons. The van der Waals surface area contributed by atoms with Gasteiger partial charge in [0.2, 0.25) is 0 Å². The van der Waals surface area contributed by atoms with Crippen LogP contribution < -0.4 is 10.8 Å². The number of hydrogen-bond donors (Lipinski definition) is 1. The van der Waals surface area contributed by atoms with E-state index in [0.29, 0.717) is 6.04 Å². The van der Waals surface area contributed by atoms with Crippen LogP contribution >= 0.6 is 0 Å². The van der Waals surface area contributed by atoms with Crippen LogP contribution in [0, 0.1) is 0 Å². The Morgan fingerprint density at radius 1 is 1.14 bits per heavy atom. The first kappa shape index (κ1) is 17.5. The van der Waals surface area contributed by atoms with Crippen LogP contribution in [0.4, 0.5) is 0 Å². The SMILES string of the molecule is CC.CC1(C)OB(c2cnn(C3CCNCC3)c2)OC1(C)C. The fourth-order valence-electron chi connectivity index (χ4n) is 2.72. The number of hydrogen-bond acceptors (Lipinski definition) is 4. The molecule has 3 heterocycles. The lowest BCUT2D eigenvalue weighted by Gasteiger charge is -2.32. The van der Waals surface area contributed by atoms with Crippen molar-refractivity contribution in [1.29, 1.82) is 0 Å². The summed E-state index contributed by atoms with van der Waals surface area (Å²) in [4.78, 5) is 0. The molecule has 1 aromatic heterocycles.